The molecule has 0 aliphatic carbocycles. The quantitative estimate of drug-likeness (QED) is 0.662. The Bertz CT molecular complexity index is 356. The fourth-order valence-corrected chi connectivity index (χ4v) is 1.87. The van der Waals surface area contributed by atoms with Gasteiger partial charge in [0.05, 0.1) is 0 Å². The lowest BCUT2D eigenvalue weighted by atomic mass is 10.1. The lowest BCUT2D eigenvalue weighted by Gasteiger charge is -2.07. The zero-order valence-electron chi connectivity index (χ0n) is 9.42. The Morgan fingerprint density at radius 1 is 1.62 bits per heavy atom. The second-order valence-corrected chi connectivity index (χ2v) is 4.15. The maximum absolute atomic E-state index is 11.6. The number of aromatic nitrogens is 3. The van der Waals surface area contributed by atoms with Crippen LogP contribution in [0.15, 0.2) is 0 Å². The number of rotatable bonds is 4. The van der Waals surface area contributed by atoms with Crippen molar-refractivity contribution in [3.63, 3.8) is 0 Å². The number of aromatic amines is 1. The van der Waals surface area contributed by atoms with Gasteiger partial charge in [-0.3, -0.25) is 9.89 Å². The molecule has 1 aromatic heterocycles. The number of nitrogens with zero attached hydrogens (tertiary/aromatic N) is 2. The lowest BCUT2D eigenvalue weighted by Crippen LogP contribution is -2.27. The van der Waals surface area contributed by atoms with Crippen LogP contribution in [0.5, 0.6) is 0 Å². The van der Waals surface area contributed by atoms with Crippen molar-refractivity contribution in [3.05, 3.63) is 11.6 Å². The Labute approximate surface area is 94.2 Å². The summed E-state index contributed by atoms with van der Waals surface area (Å²) < 4.78 is 0. The molecule has 1 amide bonds. The van der Waals surface area contributed by atoms with E-state index in [1.54, 1.807) is 6.92 Å². The number of amides is 1. The molecule has 2 heterocycles. The minimum Gasteiger partial charge on any atom is -0.349 e. The van der Waals surface area contributed by atoms with Gasteiger partial charge in [-0.15, -0.1) is 5.10 Å². The van der Waals surface area contributed by atoms with E-state index in [0.717, 1.165) is 19.5 Å². The fourth-order valence-electron chi connectivity index (χ4n) is 1.87. The summed E-state index contributed by atoms with van der Waals surface area (Å²) in [5.41, 5.74) is 0. The van der Waals surface area contributed by atoms with Crippen LogP contribution in [0.1, 0.15) is 29.3 Å². The van der Waals surface area contributed by atoms with Crippen LogP contribution in [0.4, 0.5) is 0 Å². The van der Waals surface area contributed by atoms with Gasteiger partial charge in [-0.05, 0) is 38.8 Å². The van der Waals surface area contributed by atoms with Crippen LogP contribution in [-0.4, -0.2) is 40.7 Å². The average Bonchev–Trinajstić information content (AvgIpc) is 2.89. The highest BCUT2D eigenvalue weighted by atomic mass is 16.2. The van der Waals surface area contributed by atoms with E-state index in [2.05, 4.69) is 25.8 Å². The van der Waals surface area contributed by atoms with E-state index in [0.29, 0.717) is 18.3 Å². The molecule has 88 valence electrons. The van der Waals surface area contributed by atoms with Crippen LogP contribution in [0.2, 0.25) is 0 Å². The second-order valence-electron chi connectivity index (χ2n) is 4.15. The Kier molecular flexibility index (Phi) is 3.51. The molecule has 0 saturated carbocycles. The third kappa shape index (κ3) is 2.79. The van der Waals surface area contributed by atoms with Crippen LogP contribution in [0.25, 0.3) is 0 Å². The SMILES string of the molecule is Cc1nc(C(=O)NCCC2CCNC2)n[nH]1. The number of hydrogen-bond acceptors (Lipinski definition) is 4. The summed E-state index contributed by atoms with van der Waals surface area (Å²) >= 11 is 0. The second kappa shape index (κ2) is 5.07. The molecule has 0 aromatic carbocycles. The molecule has 1 aliphatic heterocycles. The van der Waals surface area contributed by atoms with Crippen LogP contribution >= 0.6 is 0 Å². The molecule has 1 saturated heterocycles. The maximum Gasteiger partial charge on any atom is 0.290 e. The Hall–Kier alpha value is -1.43. The first-order valence-electron chi connectivity index (χ1n) is 5.63. The van der Waals surface area contributed by atoms with Gasteiger partial charge in [0.1, 0.15) is 5.82 Å². The van der Waals surface area contributed by atoms with Gasteiger partial charge in [-0.25, -0.2) is 4.98 Å². The van der Waals surface area contributed by atoms with Gasteiger partial charge < -0.3 is 10.6 Å². The van der Waals surface area contributed by atoms with Gasteiger partial charge in [0.15, 0.2) is 0 Å². The molecule has 6 nitrogen and oxygen atoms in total. The molecule has 3 N–H and O–H groups in total. The van der Waals surface area contributed by atoms with Crippen molar-refractivity contribution < 1.29 is 4.79 Å². The number of nitrogens with one attached hydrogen (secondary N) is 3. The Morgan fingerprint density at radius 2 is 2.50 bits per heavy atom. The van der Waals surface area contributed by atoms with Crippen LogP contribution < -0.4 is 10.6 Å². The summed E-state index contributed by atoms with van der Waals surface area (Å²) in [6, 6.07) is 0. The molecule has 1 aliphatic rings. The molecule has 1 unspecified atom stereocenters. The number of aryl methyl sites for hydroxylation is 1. The zero-order chi connectivity index (χ0) is 11.4. The van der Waals surface area contributed by atoms with Crippen molar-refractivity contribution in [1.82, 2.24) is 25.8 Å². The predicted molar refractivity (Wildman–Crippen MR) is 59.0 cm³/mol. The number of H-pyrrole nitrogens is 1. The summed E-state index contributed by atoms with van der Waals surface area (Å²) in [6.45, 7) is 4.63. The van der Waals surface area contributed by atoms with Gasteiger partial charge in [0.25, 0.3) is 5.91 Å². The monoisotopic (exact) mass is 223 g/mol. The highest BCUT2D eigenvalue weighted by molar-refractivity contribution is 5.90. The van der Waals surface area contributed by atoms with E-state index in [1.165, 1.54) is 6.42 Å². The first-order valence-corrected chi connectivity index (χ1v) is 5.63. The molecular weight excluding hydrogens is 206 g/mol. The topological polar surface area (TPSA) is 82.7 Å². The first kappa shape index (κ1) is 11.1. The van der Waals surface area contributed by atoms with Gasteiger partial charge in [0, 0.05) is 6.54 Å². The van der Waals surface area contributed by atoms with Crippen molar-refractivity contribution >= 4 is 5.91 Å². The molecular formula is C10H17N5O. The molecule has 1 fully saturated rings. The smallest absolute Gasteiger partial charge is 0.290 e. The first-order chi connectivity index (χ1) is 7.75. The van der Waals surface area contributed by atoms with Crippen molar-refractivity contribution in [2.45, 2.75) is 19.8 Å². The number of hydrogen-bond donors (Lipinski definition) is 3. The van der Waals surface area contributed by atoms with Gasteiger partial charge >= 0.3 is 0 Å². The van der Waals surface area contributed by atoms with E-state index in [1.807, 2.05) is 0 Å². The van der Waals surface area contributed by atoms with E-state index >= 15 is 0 Å². The summed E-state index contributed by atoms with van der Waals surface area (Å²) in [7, 11) is 0. The van der Waals surface area contributed by atoms with E-state index < -0.39 is 0 Å². The van der Waals surface area contributed by atoms with Crippen molar-refractivity contribution in [3.8, 4) is 0 Å². The molecule has 2 rings (SSSR count). The Morgan fingerprint density at radius 3 is 3.12 bits per heavy atom. The molecule has 0 radical (unpaired) electrons. The minimum absolute atomic E-state index is 0.199. The van der Waals surface area contributed by atoms with E-state index in [9.17, 15) is 4.79 Å². The maximum atomic E-state index is 11.6. The Balaban J connectivity index is 1.71. The zero-order valence-corrected chi connectivity index (χ0v) is 9.42. The molecule has 6 heteroatoms. The highest BCUT2D eigenvalue weighted by Gasteiger charge is 2.15. The largest absolute Gasteiger partial charge is 0.349 e. The molecule has 0 bridgehead atoms. The predicted octanol–water partition coefficient (Wildman–Crippen LogP) is -0.157. The standard InChI is InChI=1S/C10H17N5O/c1-7-13-9(15-14-7)10(16)12-5-3-8-2-4-11-6-8/h8,11H,2-6H2,1H3,(H,12,16)(H,13,14,15). The molecule has 0 spiro atoms. The van der Waals surface area contributed by atoms with Crippen molar-refractivity contribution in [2.24, 2.45) is 5.92 Å². The third-order valence-electron chi connectivity index (χ3n) is 2.80. The summed E-state index contributed by atoms with van der Waals surface area (Å²) in [5.74, 6) is 1.37. The van der Waals surface area contributed by atoms with E-state index in [4.69, 9.17) is 0 Å². The fraction of sp³-hybridized carbons (Fsp3) is 0.700. The molecule has 16 heavy (non-hydrogen) atoms. The number of carbonyl (C=O) groups is 1. The minimum atomic E-state index is -0.199. The lowest BCUT2D eigenvalue weighted by molar-refractivity contribution is 0.0941. The van der Waals surface area contributed by atoms with Crippen LogP contribution in [0, 0.1) is 12.8 Å². The summed E-state index contributed by atoms with van der Waals surface area (Å²) in [4.78, 5) is 15.5. The average molecular weight is 223 g/mol. The van der Waals surface area contributed by atoms with Crippen LogP contribution in [-0.2, 0) is 0 Å². The molecule has 1 aromatic rings. The third-order valence-corrected chi connectivity index (χ3v) is 2.80. The van der Waals surface area contributed by atoms with E-state index in [-0.39, 0.29) is 11.7 Å². The van der Waals surface area contributed by atoms with Gasteiger partial charge in [-0.2, -0.15) is 0 Å². The van der Waals surface area contributed by atoms with Crippen molar-refractivity contribution in [2.75, 3.05) is 19.6 Å². The summed E-state index contributed by atoms with van der Waals surface area (Å²) in [6.07, 6.45) is 2.22. The summed E-state index contributed by atoms with van der Waals surface area (Å²) in [5, 5.41) is 12.6. The number of carbonyl (C=O) groups excluding carboxylic acids is 1. The van der Waals surface area contributed by atoms with Crippen LogP contribution in [0.3, 0.4) is 0 Å². The molecule has 1 atom stereocenters. The normalized spacial score (nSPS) is 19.9. The van der Waals surface area contributed by atoms with Gasteiger partial charge in [-0.1, -0.05) is 0 Å². The highest BCUT2D eigenvalue weighted by Crippen LogP contribution is 2.10. The van der Waals surface area contributed by atoms with Crippen molar-refractivity contribution in [1.29, 1.82) is 0 Å². The van der Waals surface area contributed by atoms with Gasteiger partial charge in [0.2, 0.25) is 5.82 Å².